The van der Waals surface area contributed by atoms with Crippen molar-refractivity contribution >= 4 is 42.6 Å². The highest BCUT2D eigenvalue weighted by Gasteiger charge is 2.25. The highest BCUT2D eigenvalue weighted by Crippen LogP contribution is 2.43. The zero-order valence-electron chi connectivity index (χ0n) is 37.5. The van der Waals surface area contributed by atoms with Gasteiger partial charge in [0.25, 0.3) is 0 Å². The number of hydrogen-bond acceptors (Lipinski definition) is 10. The van der Waals surface area contributed by atoms with E-state index in [0.717, 1.165) is 48.6 Å². The second-order valence-corrected chi connectivity index (χ2v) is 17.0. The van der Waals surface area contributed by atoms with Crippen molar-refractivity contribution in [3.63, 3.8) is 0 Å². The van der Waals surface area contributed by atoms with Crippen LogP contribution in [0, 0.1) is 0 Å². The average Bonchev–Trinajstić information content (AvgIpc) is 3.65. The lowest BCUT2D eigenvalue weighted by molar-refractivity contribution is -0.191. The zero-order valence-corrected chi connectivity index (χ0v) is 38.4. The molecule has 15 nitrogen and oxygen atoms in total. The number of carbonyl (C=O) groups excluding carboxylic acids is 5. The molecule has 0 aliphatic heterocycles. The second-order valence-electron chi connectivity index (χ2n) is 15.5. The third-order valence-corrected chi connectivity index (χ3v) is 11.4. The van der Waals surface area contributed by atoms with Gasteiger partial charge in [0.1, 0.15) is 6.04 Å². The Bertz CT molecular complexity index is 1530. The van der Waals surface area contributed by atoms with E-state index in [2.05, 4.69) is 34.8 Å². The maximum Gasteiger partial charge on any atom is 0.472 e. The van der Waals surface area contributed by atoms with Gasteiger partial charge in [-0.15, -0.1) is 0 Å². The zero-order chi connectivity index (χ0) is 45.0. The monoisotopic (exact) mass is 881 g/mol. The fourth-order valence-corrected chi connectivity index (χ4v) is 7.67. The van der Waals surface area contributed by atoms with Crippen LogP contribution in [0.4, 0.5) is 0 Å². The normalized spacial score (nSPS) is 13.6. The smallest absolute Gasteiger partial charge is 0.381 e. The van der Waals surface area contributed by atoms with Crippen molar-refractivity contribution in [3.05, 3.63) is 36.0 Å². The fraction of sp³-hybridized carbons (Fsp3) is 0.733. The van der Waals surface area contributed by atoms with Crippen molar-refractivity contribution in [2.75, 3.05) is 40.1 Å². The van der Waals surface area contributed by atoms with Gasteiger partial charge in [-0.2, -0.15) is 9.59 Å². The first-order chi connectivity index (χ1) is 29.5. The Kier molecular flexibility index (Phi) is 32.9. The third kappa shape index (κ3) is 28.0. The quantitative estimate of drug-likeness (QED) is 0.0322. The van der Waals surface area contributed by atoms with Crippen molar-refractivity contribution in [3.8, 4) is 0 Å². The van der Waals surface area contributed by atoms with Crippen LogP contribution in [0.3, 0.4) is 0 Å². The van der Waals surface area contributed by atoms with Crippen molar-refractivity contribution in [2.24, 2.45) is 0 Å². The number of para-hydroxylation sites is 1. The van der Waals surface area contributed by atoms with E-state index >= 15 is 0 Å². The lowest BCUT2D eigenvalue weighted by Crippen LogP contribution is -2.47. The minimum absolute atomic E-state index is 0.0766. The van der Waals surface area contributed by atoms with Gasteiger partial charge >= 0.3 is 14.0 Å². The molecule has 0 aliphatic rings. The third-order valence-electron chi connectivity index (χ3n) is 10.4. The summed E-state index contributed by atoms with van der Waals surface area (Å²) in [5.41, 5.74) is 1.76. The van der Waals surface area contributed by atoms with Crippen LogP contribution in [0.25, 0.3) is 10.9 Å². The summed E-state index contributed by atoms with van der Waals surface area (Å²) in [5.74, 6) is -0.889. The van der Waals surface area contributed by atoms with Gasteiger partial charge < -0.3 is 35.3 Å². The first-order valence-electron chi connectivity index (χ1n) is 22.7. The van der Waals surface area contributed by atoms with Crippen LogP contribution in [-0.2, 0) is 53.5 Å². The molecule has 348 valence electrons. The van der Waals surface area contributed by atoms with Gasteiger partial charge in [0, 0.05) is 43.8 Å². The molecule has 3 amide bonds. The molecule has 0 spiro atoms. The summed E-state index contributed by atoms with van der Waals surface area (Å²) in [6.07, 6.45) is 23.6. The standard InChI is InChI=1S/C44H77N4O9P.CO2/c1-5-8-10-12-13-14-15-16-17-19-21-27-42(49)47-37(34-55-30-28-38(54-4)24-20-18-11-9-6-2)35-57-58(52,53)56-31-29-45-44(51)40(7-3)48-43(50)32-36-33-46-41-26-23-22-25-39(36)41;2-1-3/h22-23,25-26,33,37-38,40,46H,5-21,24,27-32,34-35H2,1-4H3,(H,45,51)(H,47,49)(H,48,50)(H,52,53);/t37-,38-,40+;/m1./s1. The molecule has 16 heteroatoms. The van der Waals surface area contributed by atoms with Crippen LogP contribution in [0.1, 0.15) is 155 Å². The number of H-pyrrole nitrogens is 1. The number of ether oxygens (including phenoxy) is 2. The lowest BCUT2D eigenvalue weighted by atomic mass is 10.1. The molecule has 2 aromatic rings. The number of phosphoric ester groups is 1. The summed E-state index contributed by atoms with van der Waals surface area (Å²) in [6.45, 7) is 6.04. The van der Waals surface area contributed by atoms with E-state index in [1.54, 1.807) is 20.2 Å². The van der Waals surface area contributed by atoms with Crippen LogP contribution in [-0.4, -0.2) is 92.0 Å². The predicted octanol–water partition coefficient (Wildman–Crippen LogP) is 8.24. The number of benzene rings is 1. The van der Waals surface area contributed by atoms with E-state index in [1.807, 2.05) is 24.3 Å². The van der Waals surface area contributed by atoms with Crippen LogP contribution in [0.2, 0.25) is 0 Å². The maximum atomic E-state index is 12.9. The number of fused-ring (bicyclic) bond motifs is 1. The number of unbranched alkanes of at least 4 members (excludes halogenated alkanes) is 14. The van der Waals surface area contributed by atoms with Crippen molar-refractivity contribution in [1.82, 2.24) is 20.9 Å². The number of nitrogens with one attached hydrogen (secondary N) is 4. The van der Waals surface area contributed by atoms with Gasteiger partial charge in [-0.1, -0.05) is 135 Å². The number of aromatic amines is 1. The first kappa shape index (κ1) is 55.6. The molecule has 4 atom stereocenters. The molecule has 1 heterocycles. The Morgan fingerprint density at radius 3 is 2.00 bits per heavy atom. The van der Waals surface area contributed by atoms with E-state index < -0.39 is 25.8 Å². The van der Waals surface area contributed by atoms with Gasteiger partial charge in [0.2, 0.25) is 17.7 Å². The number of amides is 3. The molecular formula is C45H77N4O11P. The number of rotatable bonds is 37. The topological polar surface area (TPSA) is 211 Å². The highest BCUT2D eigenvalue weighted by atomic mass is 31.2. The lowest BCUT2D eigenvalue weighted by Gasteiger charge is -2.22. The fourth-order valence-electron chi connectivity index (χ4n) is 6.91. The van der Waals surface area contributed by atoms with Gasteiger partial charge in [-0.25, -0.2) is 4.57 Å². The number of methoxy groups -OCH3 is 1. The number of aromatic nitrogens is 1. The van der Waals surface area contributed by atoms with Gasteiger partial charge in [0.15, 0.2) is 0 Å². The minimum Gasteiger partial charge on any atom is -0.381 e. The van der Waals surface area contributed by atoms with Crippen molar-refractivity contribution in [2.45, 2.75) is 174 Å². The minimum atomic E-state index is -4.54. The summed E-state index contributed by atoms with van der Waals surface area (Å²) < 4.78 is 34.8. The Morgan fingerprint density at radius 2 is 1.38 bits per heavy atom. The first-order valence-corrected chi connectivity index (χ1v) is 24.2. The van der Waals surface area contributed by atoms with E-state index in [0.29, 0.717) is 25.9 Å². The van der Waals surface area contributed by atoms with Crippen LogP contribution >= 0.6 is 7.82 Å². The predicted molar refractivity (Wildman–Crippen MR) is 237 cm³/mol. The van der Waals surface area contributed by atoms with Crippen LogP contribution in [0.15, 0.2) is 30.5 Å². The maximum absolute atomic E-state index is 12.9. The Hall–Kier alpha value is -3.42. The van der Waals surface area contributed by atoms with Crippen molar-refractivity contribution in [1.29, 1.82) is 0 Å². The molecule has 0 aliphatic carbocycles. The molecule has 61 heavy (non-hydrogen) atoms. The number of hydrogen-bond donors (Lipinski definition) is 5. The summed E-state index contributed by atoms with van der Waals surface area (Å²) in [7, 11) is -2.83. The molecule has 0 saturated carbocycles. The van der Waals surface area contributed by atoms with E-state index in [1.165, 1.54) is 77.0 Å². The molecule has 0 fully saturated rings. The Morgan fingerprint density at radius 1 is 0.770 bits per heavy atom. The molecular weight excluding hydrogens is 803 g/mol. The van der Waals surface area contributed by atoms with Gasteiger partial charge in [0.05, 0.1) is 38.4 Å². The number of carbonyl (C=O) groups is 3. The van der Waals surface area contributed by atoms with Gasteiger partial charge in [-0.3, -0.25) is 23.4 Å². The van der Waals surface area contributed by atoms with E-state index in [9.17, 15) is 23.8 Å². The molecule has 0 bridgehead atoms. The molecule has 2 rings (SSSR count). The molecule has 0 radical (unpaired) electrons. The Labute approximate surface area is 364 Å². The molecule has 1 unspecified atom stereocenters. The average molecular weight is 881 g/mol. The molecule has 1 aromatic heterocycles. The largest absolute Gasteiger partial charge is 0.472 e. The summed E-state index contributed by atoms with van der Waals surface area (Å²) in [6, 6.07) is 6.23. The summed E-state index contributed by atoms with van der Waals surface area (Å²) in [5, 5.41) is 9.28. The SMILES string of the molecule is CCCCCCCCCCCCCC(=O)N[C@H](COCC[C@@H](CCCCCCC)OC)COP(=O)(O)OCCNC(=O)[C@H](CC)NC(=O)Cc1c[nH]c2ccccc12.O=C=O. The second kappa shape index (κ2) is 36.1. The summed E-state index contributed by atoms with van der Waals surface area (Å²) >= 11 is 0. The van der Waals surface area contributed by atoms with Crippen LogP contribution < -0.4 is 16.0 Å². The molecule has 0 saturated heterocycles. The molecule has 1 aromatic carbocycles. The summed E-state index contributed by atoms with van der Waals surface area (Å²) in [4.78, 5) is 68.3. The van der Waals surface area contributed by atoms with E-state index in [4.69, 9.17) is 28.1 Å². The van der Waals surface area contributed by atoms with Crippen molar-refractivity contribution < 1.29 is 52.0 Å². The van der Waals surface area contributed by atoms with E-state index in [-0.39, 0.29) is 56.9 Å². The number of phosphoric acid groups is 1. The Balaban J connectivity index is 0.00000601. The highest BCUT2D eigenvalue weighted by molar-refractivity contribution is 7.47. The van der Waals surface area contributed by atoms with Gasteiger partial charge in [-0.05, 0) is 37.3 Å². The molecule has 5 N–H and O–H groups in total. The van der Waals surface area contributed by atoms with Crippen LogP contribution in [0.5, 0.6) is 0 Å².